The van der Waals surface area contributed by atoms with Crippen molar-refractivity contribution in [2.75, 3.05) is 19.2 Å². The predicted molar refractivity (Wildman–Crippen MR) is 86.2 cm³/mol. The zero-order valence-electron chi connectivity index (χ0n) is 13.0. The van der Waals surface area contributed by atoms with E-state index in [2.05, 4.69) is 15.5 Å². The minimum Gasteiger partial charge on any atom is -0.496 e. The van der Waals surface area contributed by atoms with E-state index in [1.54, 1.807) is 7.11 Å². The summed E-state index contributed by atoms with van der Waals surface area (Å²) in [7, 11) is 1.61. The molecule has 0 unspecified atom stereocenters. The van der Waals surface area contributed by atoms with Crippen LogP contribution in [0.5, 0.6) is 17.2 Å². The van der Waals surface area contributed by atoms with Gasteiger partial charge < -0.3 is 23.9 Å². The number of methoxy groups -OCH3 is 1. The quantitative estimate of drug-likeness (QED) is 0.772. The Labute approximate surface area is 138 Å². The van der Waals surface area contributed by atoms with E-state index in [0.29, 0.717) is 24.1 Å². The van der Waals surface area contributed by atoms with E-state index in [-0.39, 0.29) is 6.79 Å². The lowest BCUT2D eigenvalue weighted by atomic mass is 10.2. The SMILES string of the molecule is COc1ccccc1-c1nnc(CNc2ccc3c(c2)OCO3)o1. The van der Waals surface area contributed by atoms with Crippen LogP contribution in [0.4, 0.5) is 5.69 Å². The minimum atomic E-state index is 0.255. The fourth-order valence-electron chi connectivity index (χ4n) is 2.44. The molecule has 0 radical (unpaired) electrons. The summed E-state index contributed by atoms with van der Waals surface area (Å²) >= 11 is 0. The standard InChI is InChI=1S/C17H15N3O4/c1-21-13-5-3-2-4-12(13)17-20-19-16(24-17)9-18-11-6-7-14-15(8-11)23-10-22-14/h2-8,18H,9-10H2,1H3. The topological polar surface area (TPSA) is 78.6 Å². The van der Waals surface area contributed by atoms with Gasteiger partial charge in [0.2, 0.25) is 12.7 Å². The minimum absolute atomic E-state index is 0.255. The average molecular weight is 325 g/mol. The number of anilines is 1. The van der Waals surface area contributed by atoms with Crippen LogP contribution in [0.1, 0.15) is 5.89 Å². The number of hydrogen-bond acceptors (Lipinski definition) is 7. The van der Waals surface area contributed by atoms with Gasteiger partial charge in [0.25, 0.3) is 5.89 Å². The molecule has 2 aromatic carbocycles. The smallest absolute Gasteiger partial charge is 0.251 e. The lowest BCUT2D eigenvalue weighted by Gasteiger charge is -2.05. The van der Waals surface area contributed by atoms with Gasteiger partial charge in [-0.05, 0) is 24.3 Å². The van der Waals surface area contributed by atoms with Crippen LogP contribution in [-0.4, -0.2) is 24.1 Å². The number of para-hydroxylation sites is 1. The van der Waals surface area contributed by atoms with E-state index in [1.807, 2.05) is 42.5 Å². The molecular weight excluding hydrogens is 310 g/mol. The van der Waals surface area contributed by atoms with Crippen LogP contribution in [0.25, 0.3) is 11.5 Å². The summed E-state index contributed by atoms with van der Waals surface area (Å²) in [5, 5.41) is 11.4. The monoisotopic (exact) mass is 325 g/mol. The highest BCUT2D eigenvalue weighted by Gasteiger charge is 2.15. The fourth-order valence-corrected chi connectivity index (χ4v) is 2.44. The Kier molecular flexibility index (Phi) is 3.66. The molecule has 1 aliphatic heterocycles. The third kappa shape index (κ3) is 2.71. The molecule has 24 heavy (non-hydrogen) atoms. The summed E-state index contributed by atoms with van der Waals surface area (Å²) in [6.07, 6.45) is 0. The molecule has 0 spiro atoms. The van der Waals surface area contributed by atoms with Crippen LogP contribution < -0.4 is 19.5 Å². The van der Waals surface area contributed by atoms with Gasteiger partial charge >= 0.3 is 0 Å². The molecule has 1 aliphatic rings. The Hall–Kier alpha value is -3.22. The van der Waals surface area contributed by atoms with E-state index in [0.717, 1.165) is 22.7 Å². The zero-order valence-corrected chi connectivity index (χ0v) is 13.0. The predicted octanol–water partition coefficient (Wildman–Crippen LogP) is 3.09. The molecule has 7 heteroatoms. The maximum Gasteiger partial charge on any atom is 0.251 e. The first kappa shape index (κ1) is 14.4. The highest BCUT2D eigenvalue weighted by molar-refractivity contribution is 5.62. The number of nitrogens with one attached hydrogen (secondary N) is 1. The first-order valence-electron chi connectivity index (χ1n) is 7.43. The second-order valence-electron chi connectivity index (χ2n) is 5.12. The number of ether oxygens (including phenoxy) is 3. The van der Waals surface area contributed by atoms with Crippen LogP contribution in [0.3, 0.4) is 0 Å². The van der Waals surface area contributed by atoms with Crippen molar-refractivity contribution in [3.05, 3.63) is 48.4 Å². The maximum absolute atomic E-state index is 5.71. The number of benzene rings is 2. The van der Waals surface area contributed by atoms with E-state index < -0.39 is 0 Å². The molecule has 3 aromatic rings. The summed E-state index contributed by atoms with van der Waals surface area (Å²) in [5.41, 5.74) is 1.65. The van der Waals surface area contributed by atoms with Gasteiger partial charge in [0.05, 0.1) is 19.2 Å². The zero-order chi connectivity index (χ0) is 16.4. The van der Waals surface area contributed by atoms with Crippen molar-refractivity contribution >= 4 is 5.69 Å². The maximum atomic E-state index is 5.71. The molecule has 4 rings (SSSR count). The van der Waals surface area contributed by atoms with Crippen LogP contribution >= 0.6 is 0 Å². The molecule has 7 nitrogen and oxygen atoms in total. The van der Waals surface area contributed by atoms with Crippen molar-refractivity contribution in [3.63, 3.8) is 0 Å². The number of hydrogen-bond donors (Lipinski definition) is 1. The Balaban J connectivity index is 1.47. The molecule has 0 amide bonds. The van der Waals surface area contributed by atoms with Crippen molar-refractivity contribution in [1.82, 2.24) is 10.2 Å². The van der Waals surface area contributed by atoms with Gasteiger partial charge in [-0.1, -0.05) is 12.1 Å². The molecule has 1 aromatic heterocycles. The van der Waals surface area contributed by atoms with Gasteiger partial charge in [-0.3, -0.25) is 0 Å². The van der Waals surface area contributed by atoms with Gasteiger partial charge in [-0.25, -0.2) is 0 Å². The first-order valence-corrected chi connectivity index (χ1v) is 7.43. The van der Waals surface area contributed by atoms with Gasteiger partial charge in [0, 0.05) is 11.8 Å². The highest BCUT2D eigenvalue weighted by atomic mass is 16.7. The summed E-state index contributed by atoms with van der Waals surface area (Å²) in [5.74, 6) is 3.07. The third-order valence-electron chi connectivity index (χ3n) is 3.62. The summed E-state index contributed by atoms with van der Waals surface area (Å²) in [4.78, 5) is 0. The molecular formula is C17H15N3O4. The summed E-state index contributed by atoms with van der Waals surface area (Å²) in [6.45, 7) is 0.659. The lowest BCUT2D eigenvalue weighted by Crippen LogP contribution is -1.99. The van der Waals surface area contributed by atoms with E-state index in [9.17, 15) is 0 Å². The molecule has 122 valence electrons. The Morgan fingerprint density at radius 3 is 2.88 bits per heavy atom. The van der Waals surface area contributed by atoms with Crippen LogP contribution in [-0.2, 0) is 6.54 Å². The molecule has 1 N–H and O–H groups in total. The summed E-state index contributed by atoms with van der Waals surface area (Å²) < 4.78 is 21.7. The van der Waals surface area contributed by atoms with E-state index in [4.69, 9.17) is 18.6 Å². The first-order chi connectivity index (χ1) is 11.8. The van der Waals surface area contributed by atoms with Crippen molar-refractivity contribution < 1.29 is 18.6 Å². The molecule has 0 atom stereocenters. The van der Waals surface area contributed by atoms with Crippen LogP contribution in [0, 0.1) is 0 Å². The number of fused-ring (bicyclic) bond motifs is 1. The highest BCUT2D eigenvalue weighted by Crippen LogP contribution is 2.34. The largest absolute Gasteiger partial charge is 0.496 e. The third-order valence-corrected chi connectivity index (χ3v) is 3.62. The van der Waals surface area contributed by atoms with Gasteiger partial charge in [0.15, 0.2) is 11.5 Å². The van der Waals surface area contributed by atoms with Crippen LogP contribution in [0.15, 0.2) is 46.9 Å². The van der Waals surface area contributed by atoms with Gasteiger partial charge in [-0.2, -0.15) is 0 Å². The fraction of sp³-hybridized carbons (Fsp3) is 0.176. The Morgan fingerprint density at radius 1 is 1.08 bits per heavy atom. The van der Waals surface area contributed by atoms with E-state index in [1.165, 1.54) is 0 Å². The van der Waals surface area contributed by atoms with Gasteiger partial charge in [-0.15, -0.1) is 10.2 Å². The Morgan fingerprint density at radius 2 is 1.96 bits per heavy atom. The van der Waals surface area contributed by atoms with Crippen molar-refractivity contribution in [3.8, 4) is 28.7 Å². The molecule has 0 aliphatic carbocycles. The molecule has 0 fully saturated rings. The van der Waals surface area contributed by atoms with Crippen molar-refractivity contribution in [1.29, 1.82) is 0 Å². The number of rotatable bonds is 5. The van der Waals surface area contributed by atoms with Crippen LogP contribution in [0.2, 0.25) is 0 Å². The molecule has 0 saturated carbocycles. The molecule has 2 heterocycles. The molecule has 0 saturated heterocycles. The van der Waals surface area contributed by atoms with Crippen molar-refractivity contribution in [2.24, 2.45) is 0 Å². The number of aromatic nitrogens is 2. The second-order valence-corrected chi connectivity index (χ2v) is 5.12. The lowest BCUT2D eigenvalue weighted by molar-refractivity contribution is 0.174. The summed E-state index contributed by atoms with van der Waals surface area (Å²) in [6, 6.07) is 13.2. The van der Waals surface area contributed by atoms with Gasteiger partial charge in [0.1, 0.15) is 5.75 Å². The normalized spacial score (nSPS) is 12.2. The van der Waals surface area contributed by atoms with Crippen molar-refractivity contribution in [2.45, 2.75) is 6.54 Å². The molecule has 0 bridgehead atoms. The average Bonchev–Trinajstić information content (AvgIpc) is 3.28. The number of nitrogens with zero attached hydrogens (tertiary/aromatic N) is 2. The second kappa shape index (κ2) is 6.11. The van der Waals surface area contributed by atoms with E-state index >= 15 is 0 Å². The Bertz CT molecular complexity index is 863.